The molecule has 0 aromatic carbocycles. The quantitative estimate of drug-likeness (QED) is 0.220. The van der Waals surface area contributed by atoms with Crippen molar-refractivity contribution in [3.63, 3.8) is 0 Å². The molecule has 98 valence electrons. The molecule has 1 heterocycles. The van der Waals surface area contributed by atoms with Gasteiger partial charge in [-0.1, -0.05) is 0 Å². The van der Waals surface area contributed by atoms with Gasteiger partial charge in [0.15, 0.2) is 0 Å². The summed E-state index contributed by atoms with van der Waals surface area (Å²) in [5.74, 6) is -1.92. The van der Waals surface area contributed by atoms with E-state index in [0.29, 0.717) is 0 Å². The van der Waals surface area contributed by atoms with Gasteiger partial charge in [-0.25, -0.2) is 4.79 Å². The zero-order chi connectivity index (χ0) is 14.6. The molecule has 0 unspecified atom stereocenters. The maximum absolute atomic E-state index is 11.2. The minimum atomic E-state index is -1.12. The van der Waals surface area contributed by atoms with Gasteiger partial charge in [0.25, 0.3) is 11.6 Å². The standard InChI is InChI=1S/C10H8N4O5/c1-19-10(16)5-2-7(14(17)18)8(13-4-5)6(3-11)9(12)15/h2,4,13H,1H3,(H2,12,15). The molecule has 19 heavy (non-hydrogen) atoms. The number of ether oxygens (including phenoxy) is 1. The van der Waals surface area contributed by atoms with E-state index < -0.39 is 28.1 Å². The number of carbonyl (C=O) groups excluding carboxylic acids is 2. The van der Waals surface area contributed by atoms with Crippen molar-refractivity contribution in [2.24, 2.45) is 5.73 Å². The Morgan fingerprint density at radius 1 is 1.58 bits per heavy atom. The number of hydrogen-bond donors (Lipinski definition) is 2. The number of rotatable bonds is 3. The largest absolute Gasteiger partial charge is 0.465 e. The summed E-state index contributed by atoms with van der Waals surface area (Å²) in [5, 5.41) is 22.0. The topological polar surface area (TPSA) is 148 Å². The number of nitrogens with two attached hydrogens (primary N) is 1. The van der Waals surface area contributed by atoms with Crippen LogP contribution in [0.1, 0.15) is 0 Å². The number of esters is 1. The van der Waals surface area contributed by atoms with E-state index in [1.54, 1.807) is 0 Å². The number of hydrogen-bond acceptors (Lipinski definition) is 7. The van der Waals surface area contributed by atoms with E-state index in [2.05, 4.69) is 10.1 Å². The summed E-state index contributed by atoms with van der Waals surface area (Å²) in [5.41, 5.74) is 3.21. The summed E-state index contributed by atoms with van der Waals surface area (Å²) in [6.45, 7) is 0. The Kier molecular flexibility index (Phi) is 4.00. The first kappa shape index (κ1) is 13.9. The molecule has 0 fully saturated rings. The molecule has 1 aliphatic heterocycles. The summed E-state index contributed by atoms with van der Waals surface area (Å²) in [6, 6.07) is 1.47. The lowest BCUT2D eigenvalue weighted by Crippen LogP contribution is -2.26. The van der Waals surface area contributed by atoms with E-state index >= 15 is 0 Å². The van der Waals surface area contributed by atoms with Crippen molar-refractivity contribution in [1.29, 1.82) is 5.26 Å². The first-order valence-electron chi connectivity index (χ1n) is 4.78. The molecule has 0 atom stereocenters. The highest BCUT2D eigenvalue weighted by Gasteiger charge is 2.29. The third kappa shape index (κ3) is 2.75. The lowest BCUT2D eigenvalue weighted by Gasteiger charge is -2.12. The molecular formula is C10H8N4O5. The van der Waals surface area contributed by atoms with Crippen molar-refractivity contribution in [3.05, 3.63) is 44.9 Å². The number of nitrogens with zero attached hydrogens (tertiary/aromatic N) is 2. The molecule has 0 aromatic rings. The third-order valence-electron chi connectivity index (χ3n) is 2.15. The Labute approximate surface area is 106 Å². The second kappa shape index (κ2) is 5.46. The van der Waals surface area contributed by atoms with Gasteiger partial charge in [-0.2, -0.15) is 5.26 Å². The number of dihydropyridines is 1. The highest BCUT2D eigenvalue weighted by molar-refractivity contribution is 5.98. The molecule has 1 amide bonds. The number of nitro groups is 1. The van der Waals surface area contributed by atoms with Gasteiger partial charge in [-0.15, -0.1) is 0 Å². The van der Waals surface area contributed by atoms with Crippen LogP contribution in [0.4, 0.5) is 0 Å². The van der Waals surface area contributed by atoms with Crippen LogP contribution in [0.25, 0.3) is 0 Å². The number of primary amides is 1. The Morgan fingerprint density at radius 2 is 2.21 bits per heavy atom. The van der Waals surface area contributed by atoms with Crippen LogP contribution in [-0.2, 0) is 14.3 Å². The average Bonchev–Trinajstić information content (AvgIpc) is 2.38. The third-order valence-corrected chi connectivity index (χ3v) is 2.15. The number of carbonyl (C=O) groups is 2. The fourth-order valence-corrected chi connectivity index (χ4v) is 1.30. The van der Waals surface area contributed by atoms with Crippen molar-refractivity contribution in [3.8, 4) is 6.07 Å². The maximum Gasteiger partial charge on any atom is 0.339 e. The molecule has 0 spiro atoms. The highest BCUT2D eigenvalue weighted by atomic mass is 16.6. The molecule has 0 saturated heterocycles. The van der Waals surface area contributed by atoms with Crippen LogP contribution in [0.2, 0.25) is 0 Å². The van der Waals surface area contributed by atoms with Crippen molar-refractivity contribution < 1.29 is 19.2 Å². The van der Waals surface area contributed by atoms with Gasteiger partial charge in [0.2, 0.25) is 0 Å². The van der Waals surface area contributed by atoms with Gasteiger partial charge in [-0.3, -0.25) is 14.9 Å². The van der Waals surface area contributed by atoms with Crippen LogP contribution in [0.5, 0.6) is 0 Å². The monoisotopic (exact) mass is 264 g/mol. The van der Waals surface area contributed by atoms with Crippen LogP contribution in [0.3, 0.4) is 0 Å². The highest BCUT2D eigenvalue weighted by Crippen LogP contribution is 2.20. The zero-order valence-corrected chi connectivity index (χ0v) is 9.67. The Balaban J connectivity index is 3.38. The smallest absolute Gasteiger partial charge is 0.339 e. The van der Waals surface area contributed by atoms with Gasteiger partial charge in [-0.05, 0) is 0 Å². The van der Waals surface area contributed by atoms with Crippen LogP contribution in [-0.4, -0.2) is 23.9 Å². The zero-order valence-electron chi connectivity index (χ0n) is 9.67. The van der Waals surface area contributed by atoms with Crippen molar-refractivity contribution >= 4 is 11.9 Å². The predicted octanol–water partition coefficient (Wildman–Crippen LogP) is -0.930. The molecule has 3 N–H and O–H groups in total. The fourth-order valence-electron chi connectivity index (χ4n) is 1.30. The fraction of sp³-hybridized carbons (Fsp3) is 0.100. The van der Waals surface area contributed by atoms with Gasteiger partial charge in [0.05, 0.1) is 17.6 Å². The Bertz CT molecular complexity index is 594. The van der Waals surface area contributed by atoms with Crippen molar-refractivity contribution in [2.45, 2.75) is 0 Å². The lowest BCUT2D eigenvalue weighted by atomic mass is 10.1. The van der Waals surface area contributed by atoms with Crippen molar-refractivity contribution in [1.82, 2.24) is 5.32 Å². The van der Waals surface area contributed by atoms with E-state index in [9.17, 15) is 19.7 Å². The second-order valence-electron chi connectivity index (χ2n) is 3.25. The summed E-state index contributed by atoms with van der Waals surface area (Å²) in [4.78, 5) is 32.3. The molecule has 0 bridgehead atoms. The molecule has 1 aliphatic rings. The minimum absolute atomic E-state index is 0.125. The number of methoxy groups -OCH3 is 1. The molecule has 9 nitrogen and oxygen atoms in total. The molecule has 0 aliphatic carbocycles. The molecule has 0 aromatic heterocycles. The predicted molar refractivity (Wildman–Crippen MR) is 60.1 cm³/mol. The van der Waals surface area contributed by atoms with E-state index in [1.165, 1.54) is 6.07 Å². The summed E-state index contributed by atoms with van der Waals surface area (Å²) in [7, 11) is 1.11. The molecule has 1 rings (SSSR count). The number of amides is 1. The van der Waals surface area contributed by atoms with Gasteiger partial charge in [0.1, 0.15) is 17.3 Å². The first-order valence-corrected chi connectivity index (χ1v) is 4.78. The van der Waals surface area contributed by atoms with Crippen LogP contribution in [0, 0.1) is 21.4 Å². The summed E-state index contributed by atoms with van der Waals surface area (Å²) >= 11 is 0. The van der Waals surface area contributed by atoms with Crippen LogP contribution < -0.4 is 11.1 Å². The second-order valence-corrected chi connectivity index (χ2v) is 3.25. The summed E-state index contributed by atoms with van der Waals surface area (Å²) in [6.07, 6.45) is 1.96. The SMILES string of the molecule is COC(=O)C1=CNC(=C(C#N)C(N)=O)C([N+](=O)[O-])=C1. The lowest BCUT2D eigenvalue weighted by molar-refractivity contribution is -0.421. The average molecular weight is 264 g/mol. The van der Waals surface area contributed by atoms with Gasteiger partial charge in [0, 0.05) is 12.3 Å². The van der Waals surface area contributed by atoms with Gasteiger partial charge >= 0.3 is 5.97 Å². The van der Waals surface area contributed by atoms with E-state index in [1.807, 2.05) is 0 Å². The molecule has 0 saturated carbocycles. The van der Waals surface area contributed by atoms with Crippen LogP contribution in [0.15, 0.2) is 34.8 Å². The molecular weight excluding hydrogens is 256 g/mol. The maximum atomic E-state index is 11.2. The van der Waals surface area contributed by atoms with Gasteiger partial charge < -0.3 is 15.8 Å². The summed E-state index contributed by atoms with van der Waals surface area (Å²) < 4.78 is 4.40. The number of nitrogens with one attached hydrogen (secondary N) is 1. The molecule has 9 heteroatoms. The number of nitriles is 1. The first-order chi connectivity index (χ1) is 8.92. The van der Waals surface area contributed by atoms with E-state index in [4.69, 9.17) is 11.0 Å². The van der Waals surface area contributed by atoms with E-state index in [0.717, 1.165) is 19.4 Å². The Hall–Kier alpha value is -3.15. The minimum Gasteiger partial charge on any atom is -0.465 e. The Morgan fingerprint density at radius 3 is 2.63 bits per heavy atom. The normalized spacial score (nSPS) is 16.2. The van der Waals surface area contributed by atoms with E-state index in [-0.39, 0.29) is 11.3 Å². The van der Waals surface area contributed by atoms with Crippen molar-refractivity contribution in [2.75, 3.05) is 7.11 Å². The molecule has 0 radical (unpaired) electrons. The van der Waals surface area contributed by atoms with Crippen LogP contribution >= 0.6 is 0 Å².